The van der Waals surface area contributed by atoms with E-state index in [4.69, 9.17) is 16.3 Å². The molecule has 180 valence electrons. The Balaban J connectivity index is 1.55. The maximum absolute atomic E-state index is 13.1. The molecule has 1 atom stereocenters. The van der Waals surface area contributed by atoms with Gasteiger partial charge in [-0.25, -0.2) is 0 Å². The SMILES string of the molecule is CCC(Sc1nnc(CSc2ccccc2)n1-c1ccccc1)C(=O)Nc1ccc(OC)c(Cl)c1. The molecule has 1 amide bonds. The zero-order chi connectivity index (χ0) is 24.6. The summed E-state index contributed by atoms with van der Waals surface area (Å²) in [7, 11) is 1.55. The summed E-state index contributed by atoms with van der Waals surface area (Å²) in [5.41, 5.74) is 1.57. The lowest BCUT2D eigenvalue weighted by Crippen LogP contribution is -2.25. The topological polar surface area (TPSA) is 69.0 Å². The number of aromatic nitrogens is 3. The van der Waals surface area contributed by atoms with E-state index < -0.39 is 0 Å². The van der Waals surface area contributed by atoms with Gasteiger partial charge in [0, 0.05) is 16.3 Å². The molecule has 0 spiro atoms. The van der Waals surface area contributed by atoms with Crippen molar-refractivity contribution >= 4 is 46.7 Å². The molecule has 1 unspecified atom stereocenters. The van der Waals surface area contributed by atoms with E-state index in [1.54, 1.807) is 37.1 Å². The van der Waals surface area contributed by atoms with Crippen molar-refractivity contribution in [3.8, 4) is 11.4 Å². The monoisotopic (exact) mass is 524 g/mol. The Bertz CT molecular complexity index is 1270. The summed E-state index contributed by atoms with van der Waals surface area (Å²) >= 11 is 9.32. The Labute approximate surface area is 218 Å². The van der Waals surface area contributed by atoms with Crippen LogP contribution in [0.4, 0.5) is 5.69 Å². The van der Waals surface area contributed by atoms with Gasteiger partial charge in [-0.3, -0.25) is 9.36 Å². The number of methoxy groups -OCH3 is 1. The van der Waals surface area contributed by atoms with E-state index >= 15 is 0 Å². The predicted octanol–water partition coefficient (Wildman–Crippen LogP) is 6.73. The molecule has 0 bridgehead atoms. The van der Waals surface area contributed by atoms with Crippen molar-refractivity contribution in [3.63, 3.8) is 0 Å². The largest absolute Gasteiger partial charge is 0.495 e. The van der Waals surface area contributed by atoms with Gasteiger partial charge in [-0.2, -0.15) is 0 Å². The number of benzene rings is 3. The van der Waals surface area contributed by atoms with Gasteiger partial charge in [0.1, 0.15) is 11.6 Å². The fourth-order valence-electron chi connectivity index (χ4n) is 3.39. The molecule has 0 saturated carbocycles. The van der Waals surface area contributed by atoms with Crippen molar-refractivity contribution in [1.29, 1.82) is 0 Å². The molecular weight excluding hydrogens is 500 g/mol. The van der Waals surface area contributed by atoms with Gasteiger partial charge in [-0.15, -0.1) is 22.0 Å². The zero-order valence-corrected chi connectivity index (χ0v) is 21.7. The minimum Gasteiger partial charge on any atom is -0.495 e. The van der Waals surface area contributed by atoms with E-state index in [2.05, 4.69) is 27.6 Å². The molecule has 35 heavy (non-hydrogen) atoms. The summed E-state index contributed by atoms with van der Waals surface area (Å²) in [5, 5.41) is 12.6. The Hall–Kier alpha value is -2.94. The van der Waals surface area contributed by atoms with Gasteiger partial charge in [0.05, 0.1) is 23.1 Å². The van der Waals surface area contributed by atoms with Crippen molar-refractivity contribution in [2.24, 2.45) is 0 Å². The van der Waals surface area contributed by atoms with Gasteiger partial charge < -0.3 is 10.1 Å². The molecule has 6 nitrogen and oxygen atoms in total. The van der Waals surface area contributed by atoms with Gasteiger partial charge in [-0.1, -0.05) is 66.7 Å². The van der Waals surface area contributed by atoms with Crippen LogP contribution in [0.3, 0.4) is 0 Å². The number of hydrogen-bond donors (Lipinski definition) is 1. The highest BCUT2D eigenvalue weighted by Gasteiger charge is 2.24. The molecule has 0 aliphatic heterocycles. The van der Waals surface area contributed by atoms with Crippen molar-refractivity contribution in [3.05, 3.63) is 89.7 Å². The van der Waals surface area contributed by atoms with E-state index in [-0.39, 0.29) is 11.2 Å². The highest BCUT2D eigenvalue weighted by molar-refractivity contribution is 8.00. The number of thioether (sulfide) groups is 2. The van der Waals surface area contributed by atoms with E-state index in [0.717, 1.165) is 16.4 Å². The lowest BCUT2D eigenvalue weighted by molar-refractivity contribution is -0.115. The normalized spacial score (nSPS) is 11.7. The first-order valence-corrected chi connectivity index (χ1v) is 13.3. The number of carbonyl (C=O) groups is 1. The number of nitrogens with zero attached hydrogens (tertiary/aromatic N) is 3. The van der Waals surface area contributed by atoms with Gasteiger partial charge in [0.15, 0.2) is 5.16 Å². The van der Waals surface area contributed by atoms with Gasteiger partial charge in [0.25, 0.3) is 0 Å². The molecule has 0 aliphatic rings. The Morgan fingerprint density at radius 1 is 1.06 bits per heavy atom. The summed E-state index contributed by atoms with van der Waals surface area (Å²) < 4.78 is 7.22. The van der Waals surface area contributed by atoms with Crippen LogP contribution in [0.2, 0.25) is 5.02 Å². The Kier molecular flexibility index (Phi) is 8.74. The molecule has 1 aromatic heterocycles. The Morgan fingerprint density at radius 3 is 2.43 bits per heavy atom. The summed E-state index contributed by atoms with van der Waals surface area (Å²) in [5.74, 6) is 1.91. The van der Waals surface area contributed by atoms with Crippen molar-refractivity contribution in [1.82, 2.24) is 14.8 Å². The standard InChI is InChI=1S/C26H25ClN4O2S2/c1-3-23(25(32)28-18-14-15-22(33-2)21(27)16-18)35-26-30-29-24(17-34-20-12-8-5-9-13-20)31(26)19-10-6-4-7-11-19/h4-16,23H,3,17H2,1-2H3,(H,28,32). The third-order valence-corrected chi connectivity index (χ3v) is 7.77. The molecule has 1 heterocycles. The average Bonchev–Trinajstić information content (AvgIpc) is 3.29. The number of para-hydroxylation sites is 1. The minimum absolute atomic E-state index is 0.124. The van der Waals surface area contributed by atoms with Gasteiger partial charge in [-0.05, 0) is 48.9 Å². The number of carbonyl (C=O) groups excluding carboxylic acids is 1. The maximum atomic E-state index is 13.1. The van der Waals surface area contributed by atoms with Crippen molar-refractivity contribution in [2.45, 2.75) is 34.4 Å². The molecule has 0 aliphatic carbocycles. The van der Waals surface area contributed by atoms with Crippen LogP contribution in [0.5, 0.6) is 5.75 Å². The van der Waals surface area contributed by atoms with Crippen LogP contribution < -0.4 is 10.1 Å². The number of anilines is 1. The van der Waals surface area contributed by atoms with E-state index in [1.807, 2.05) is 60.0 Å². The molecule has 4 rings (SSSR count). The molecule has 0 radical (unpaired) electrons. The molecule has 0 saturated heterocycles. The summed E-state index contributed by atoms with van der Waals surface area (Å²) in [6.45, 7) is 1.98. The summed E-state index contributed by atoms with van der Waals surface area (Å²) in [6, 6.07) is 25.3. The zero-order valence-electron chi connectivity index (χ0n) is 19.3. The average molecular weight is 525 g/mol. The number of rotatable bonds is 10. The molecular formula is C26H25ClN4O2S2. The summed E-state index contributed by atoms with van der Waals surface area (Å²) in [6.07, 6.45) is 0.621. The van der Waals surface area contributed by atoms with Crippen molar-refractivity contribution < 1.29 is 9.53 Å². The fourth-order valence-corrected chi connectivity index (χ4v) is 5.47. The van der Waals surface area contributed by atoms with Crippen LogP contribution in [0.1, 0.15) is 19.2 Å². The number of nitrogens with one attached hydrogen (secondary N) is 1. The first-order chi connectivity index (χ1) is 17.1. The molecule has 0 fully saturated rings. The maximum Gasteiger partial charge on any atom is 0.237 e. The number of halogens is 1. The third kappa shape index (κ3) is 6.39. The minimum atomic E-state index is -0.364. The van der Waals surface area contributed by atoms with Crippen LogP contribution in [0.25, 0.3) is 5.69 Å². The molecule has 1 N–H and O–H groups in total. The van der Waals surface area contributed by atoms with Crippen LogP contribution >= 0.6 is 35.1 Å². The van der Waals surface area contributed by atoms with Crippen LogP contribution in [-0.2, 0) is 10.5 Å². The second-order valence-corrected chi connectivity index (χ2v) is 10.2. The highest BCUT2D eigenvalue weighted by atomic mass is 35.5. The third-order valence-electron chi connectivity index (χ3n) is 5.16. The second kappa shape index (κ2) is 12.2. The number of hydrogen-bond acceptors (Lipinski definition) is 6. The fraction of sp³-hybridized carbons (Fsp3) is 0.192. The lowest BCUT2D eigenvalue weighted by Gasteiger charge is -2.16. The number of ether oxygens (including phenoxy) is 1. The Morgan fingerprint density at radius 2 is 1.77 bits per heavy atom. The van der Waals surface area contributed by atoms with Gasteiger partial charge in [0.2, 0.25) is 5.91 Å². The predicted molar refractivity (Wildman–Crippen MR) is 144 cm³/mol. The number of amides is 1. The quantitative estimate of drug-likeness (QED) is 0.232. The van der Waals surface area contributed by atoms with Crippen LogP contribution in [0.15, 0.2) is 88.9 Å². The molecule has 3 aromatic carbocycles. The van der Waals surface area contributed by atoms with Crippen LogP contribution in [0, 0.1) is 0 Å². The van der Waals surface area contributed by atoms with E-state index in [9.17, 15) is 4.79 Å². The molecule has 4 aromatic rings. The second-order valence-electron chi connectivity index (χ2n) is 7.52. The van der Waals surface area contributed by atoms with E-state index in [0.29, 0.717) is 33.8 Å². The van der Waals surface area contributed by atoms with Crippen molar-refractivity contribution in [2.75, 3.05) is 12.4 Å². The van der Waals surface area contributed by atoms with Gasteiger partial charge >= 0.3 is 0 Å². The first-order valence-electron chi connectivity index (χ1n) is 11.1. The molecule has 9 heteroatoms. The summed E-state index contributed by atoms with van der Waals surface area (Å²) in [4.78, 5) is 14.3. The van der Waals surface area contributed by atoms with E-state index in [1.165, 1.54) is 11.8 Å². The lowest BCUT2D eigenvalue weighted by atomic mass is 10.2. The smallest absolute Gasteiger partial charge is 0.237 e. The highest BCUT2D eigenvalue weighted by Crippen LogP contribution is 2.32. The van der Waals surface area contributed by atoms with Crippen LogP contribution in [-0.4, -0.2) is 33.0 Å². The first kappa shape index (κ1) is 25.2.